The molecule has 8 nitrogen and oxygen atoms in total. The van der Waals surface area contributed by atoms with Gasteiger partial charge in [0.05, 0.1) is 0 Å². The number of hydrogen-bond acceptors (Lipinski definition) is 6. The number of anilines is 1. The molecule has 0 radical (unpaired) electrons. The average Bonchev–Trinajstić information content (AvgIpc) is 2.82. The number of aromatic nitrogens is 3. The smallest absolute Gasteiger partial charge is 0.425 e. The zero-order valence-corrected chi connectivity index (χ0v) is 15.7. The van der Waals surface area contributed by atoms with Crippen LogP contribution in [0.2, 0.25) is 0 Å². The van der Waals surface area contributed by atoms with E-state index in [9.17, 15) is 9.59 Å². The van der Waals surface area contributed by atoms with Crippen molar-refractivity contribution in [3.63, 3.8) is 0 Å². The lowest BCUT2D eigenvalue weighted by molar-refractivity contribution is 0.0429. The topological polar surface area (TPSA) is 86.0 Å². The number of hydrogen-bond donors (Lipinski definition) is 0. The molecule has 0 fully saturated rings. The Bertz CT molecular complexity index is 777. The number of amides is 2. The van der Waals surface area contributed by atoms with Crippen molar-refractivity contribution in [3.8, 4) is 0 Å². The largest absolute Gasteiger partial charge is 0.443 e. The maximum atomic E-state index is 12.7. The highest BCUT2D eigenvalue weighted by molar-refractivity contribution is 6.31. The number of imidazole rings is 1. The molecule has 0 unspecified atom stereocenters. The van der Waals surface area contributed by atoms with Crippen molar-refractivity contribution in [2.24, 2.45) is 0 Å². The van der Waals surface area contributed by atoms with E-state index in [0.29, 0.717) is 11.2 Å². The SMILES string of the molecule is Bc1cn2ccnc2c(N(C(=O)OC(C)(C)C)C(=O)OC(C)(C)C)n1. The first-order valence-electron chi connectivity index (χ1n) is 7.94. The Hall–Kier alpha value is -2.58. The number of carbonyl (C=O) groups is 2. The van der Waals surface area contributed by atoms with E-state index in [0.717, 1.165) is 4.90 Å². The summed E-state index contributed by atoms with van der Waals surface area (Å²) in [6.45, 7) is 10.3. The molecule has 134 valence electrons. The zero-order chi connectivity index (χ0) is 19.0. The van der Waals surface area contributed by atoms with Crippen LogP contribution < -0.4 is 10.5 Å². The van der Waals surface area contributed by atoms with Gasteiger partial charge in [-0.3, -0.25) is 0 Å². The van der Waals surface area contributed by atoms with Gasteiger partial charge in [-0.15, -0.1) is 0 Å². The molecule has 0 atom stereocenters. The quantitative estimate of drug-likeness (QED) is 0.730. The van der Waals surface area contributed by atoms with Gasteiger partial charge in [0.25, 0.3) is 0 Å². The summed E-state index contributed by atoms with van der Waals surface area (Å²) in [6.07, 6.45) is 3.27. The molecule has 0 spiro atoms. The lowest BCUT2D eigenvalue weighted by atomic mass is 10.1. The number of nitrogens with zero attached hydrogens (tertiary/aromatic N) is 4. The molecule has 0 aromatic carbocycles. The molecule has 2 amide bonds. The maximum Gasteiger partial charge on any atom is 0.425 e. The van der Waals surface area contributed by atoms with Gasteiger partial charge in [0.1, 0.15) is 11.2 Å². The second-order valence-electron chi connectivity index (χ2n) is 7.66. The number of fused-ring (bicyclic) bond motifs is 1. The van der Waals surface area contributed by atoms with E-state index in [1.807, 2.05) is 0 Å². The summed E-state index contributed by atoms with van der Waals surface area (Å²) in [5.74, 6) is 0.0634. The van der Waals surface area contributed by atoms with E-state index in [4.69, 9.17) is 9.47 Å². The van der Waals surface area contributed by atoms with Gasteiger partial charge in [0.2, 0.25) is 0 Å². The molecule has 0 saturated heterocycles. The molecule has 0 saturated carbocycles. The van der Waals surface area contributed by atoms with Crippen LogP contribution in [-0.4, -0.2) is 45.6 Å². The summed E-state index contributed by atoms with van der Waals surface area (Å²) in [5.41, 5.74) is -0.611. The number of imide groups is 1. The van der Waals surface area contributed by atoms with E-state index in [1.165, 1.54) is 0 Å². The first-order chi connectivity index (χ1) is 11.4. The second-order valence-corrected chi connectivity index (χ2v) is 7.66. The van der Waals surface area contributed by atoms with E-state index < -0.39 is 23.4 Å². The molecule has 2 aromatic heterocycles. The van der Waals surface area contributed by atoms with Crippen molar-refractivity contribution >= 4 is 37.1 Å². The fourth-order valence-corrected chi connectivity index (χ4v) is 2.05. The molecule has 2 heterocycles. The third-order valence-corrected chi connectivity index (χ3v) is 2.84. The van der Waals surface area contributed by atoms with Gasteiger partial charge in [0, 0.05) is 24.2 Å². The Labute approximate surface area is 147 Å². The van der Waals surface area contributed by atoms with Crippen LogP contribution in [-0.2, 0) is 9.47 Å². The van der Waals surface area contributed by atoms with Gasteiger partial charge >= 0.3 is 12.2 Å². The highest BCUT2D eigenvalue weighted by Crippen LogP contribution is 2.22. The van der Waals surface area contributed by atoms with E-state index in [-0.39, 0.29) is 5.82 Å². The zero-order valence-electron chi connectivity index (χ0n) is 15.7. The maximum absolute atomic E-state index is 12.7. The fraction of sp³-hybridized carbons (Fsp3) is 0.500. The summed E-state index contributed by atoms with van der Waals surface area (Å²) in [6, 6.07) is 0. The predicted octanol–water partition coefficient (Wildman–Crippen LogP) is 1.66. The molecular weight excluding hydrogens is 323 g/mol. The highest BCUT2D eigenvalue weighted by atomic mass is 16.6. The molecular formula is C16H23BN4O4. The lowest BCUT2D eigenvalue weighted by Gasteiger charge is -2.28. The summed E-state index contributed by atoms with van der Waals surface area (Å²) in [5, 5.41) is 0. The molecule has 9 heteroatoms. The van der Waals surface area contributed by atoms with Gasteiger partial charge < -0.3 is 13.9 Å². The van der Waals surface area contributed by atoms with Crippen LogP contribution in [0.25, 0.3) is 5.65 Å². The fourth-order valence-electron chi connectivity index (χ4n) is 2.05. The minimum absolute atomic E-state index is 0.0634. The number of rotatable bonds is 1. The van der Waals surface area contributed by atoms with Crippen molar-refractivity contribution < 1.29 is 19.1 Å². The second kappa shape index (κ2) is 6.38. The minimum atomic E-state index is -0.871. The van der Waals surface area contributed by atoms with Crippen molar-refractivity contribution in [1.29, 1.82) is 0 Å². The summed E-state index contributed by atoms with van der Waals surface area (Å²) in [4.78, 5) is 34.7. The van der Waals surface area contributed by atoms with Crippen molar-refractivity contribution in [2.75, 3.05) is 4.90 Å². The van der Waals surface area contributed by atoms with E-state index in [2.05, 4.69) is 9.97 Å². The third-order valence-electron chi connectivity index (χ3n) is 2.84. The third kappa shape index (κ3) is 4.71. The first kappa shape index (κ1) is 18.8. The monoisotopic (exact) mass is 346 g/mol. The summed E-state index contributed by atoms with van der Waals surface area (Å²) >= 11 is 0. The number of carbonyl (C=O) groups excluding carboxylic acids is 2. The lowest BCUT2D eigenvalue weighted by Crippen LogP contribution is -2.45. The molecule has 2 aromatic rings. The highest BCUT2D eigenvalue weighted by Gasteiger charge is 2.35. The molecule has 0 aliphatic rings. The molecule has 2 rings (SSSR count). The Balaban J connectivity index is 2.55. The van der Waals surface area contributed by atoms with Gasteiger partial charge in [-0.1, -0.05) is 0 Å². The molecule has 25 heavy (non-hydrogen) atoms. The standard InChI is InChI=1S/C16H23BN4O4/c1-15(2,3)24-13(22)21(14(23)25-16(4,5)6)12-11-18-7-8-20(11)9-10(17)19-12/h7-9H,17H2,1-6H3. The average molecular weight is 346 g/mol. The molecule has 0 aliphatic heterocycles. The van der Waals surface area contributed by atoms with Crippen LogP contribution in [0.5, 0.6) is 0 Å². The van der Waals surface area contributed by atoms with Crippen molar-refractivity contribution in [1.82, 2.24) is 14.4 Å². The minimum Gasteiger partial charge on any atom is -0.443 e. The van der Waals surface area contributed by atoms with E-state index >= 15 is 0 Å². The Morgan fingerprint density at radius 2 is 1.60 bits per heavy atom. The van der Waals surface area contributed by atoms with Crippen LogP contribution >= 0.6 is 0 Å². The van der Waals surface area contributed by atoms with Crippen LogP contribution in [0, 0.1) is 0 Å². The Morgan fingerprint density at radius 1 is 1.08 bits per heavy atom. The molecule has 0 bridgehead atoms. The summed E-state index contributed by atoms with van der Waals surface area (Å²) < 4.78 is 12.4. The predicted molar refractivity (Wildman–Crippen MR) is 96.1 cm³/mol. The molecule has 0 N–H and O–H groups in total. The van der Waals surface area contributed by atoms with Gasteiger partial charge in [0.15, 0.2) is 19.3 Å². The first-order valence-corrected chi connectivity index (χ1v) is 7.94. The Kier molecular flexibility index (Phi) is 4.79. The van der Waals surface area contributed by atoms with Gasteiger partial charge in [-0.05, 0) is 41.5 Å². The normalized spacial score (nSPS) is 12.1. The number of ether oxygens (including phenoxy) is 2. The van der Waals surface area contributed by atoms with E-state index in [1.54, 1.807) is 72.4 Å². The van der Waals surface area contributed by atoms with Gasteiger partial charge in [-0.25, -0.2) is 19.6 Å². The van der Waals surface area contributed by atoms with Crippen LogP contribution in [0.15, 0.2) is 18.6 Å². The van der Waals surface area contributed by atoms with Crippen LogP contribution in [0.4, 0.5) is 15.4 Å². The molecule has 0 aliphatic carbocycles. The van der Waals surface area contributed by atoms with Crippen molar-refractivity contribution in [2.45, 2.75) is 52.7 Å². The summed E-state index contributed by atoms with van der Waals surface area (Å²) in [7, 11) is 1.76. The van der Waals surface area contributed by atoms with Gasteiger partial charge in [-0.2, -0.15) is 4.90 Å². The van der Waals surface area contributed by atoms with Crippen LogP contribution in [0.3, 0.4) is 0 Å². The Morgan fingerprint density at radius 3 is 2.08 bits per heavy atom. The van der Waals surface area contributed by atoms with Crippen LogP contribution in [0.1, 0.15) is 41.5 Å². The van der Waals surface area contributed by atoms with Crippen molar-refractivity contribution in [3.05, 3.63) is 18.6 Å².